The Morgan fingerprint density at radius 3 is 2.22 bits per heavy atom. The lowest BCUT2D eigenvalue weighted by molar-refractivity contribution is -0.386. The average molecular weight is 401 g/mol. The lowest BCUT2D eigenvalue weighted by Gasteiger charge is -2.28. The van der Waals surface area contributed by atoms with Gasteiger partial charge in [-0.2, -0.15) is 0 Å². The van der Waals surface area contributed by atoms with Gasteiger partial charge < -0.3 is 27.5 Å². The van der Waals surface area contributed by atoms with E-state index < -0.39 is 13.7 Å². The average Bonchev–Trinajstić information content (AvgIpc) is 3.08. The number of rotatable bonds is 13. The summed E-state index contributed by atoms with van der Waals surface area (Å²) < 4.78 is 33.5. The first-order chi connectivity index (χ1) is 13.0. The Hall–Kier alpha value is -1.72. The fourth-order valence-corrected chi connectivity index (χ4v) is 5.41. The molecule has 1 aromatic carbocycles. The molecule has 27 heavy (non-hydrogen) atoms. The number of nitrogens with zero attached hydrogens (tertiary/aromatic N) is 1. The van der Waals surface area contributed by atoms with Crippen molar-refractivity contribution in [1.82, 2.24) is 0 Å². The van der Waals surface area contributed by atoms with Crippen molar-refractivity contribution in [3.05, 3.63) is 27.8 Å². The van der Waals surface area contributed by atoms with E-state index in [1.807, 2.05) is 20.8 Å². The highest BCUT2D eigenvalue weighted by atomic mass is 28.4. The smallest absolute Gasteiger partial charge is 0.454 e. The first-order valence-corrected chi connectivity index (χ1v) is 11.0. The number of fused-ring (bicyclic) bond motifs is 1. The van der Waals surface area contributed by atoms with Crippen molar-refractivity contribution in [2.45, 2.75) is 39.8 Å². The van der Waals surface area contributed by atoms with E-state index in [2.05, 4.69) is 0 Å². The van der Waals surface area contributed by atoms with Crippen molar-refractivity contribution >= 4 is 14.5 Å². The van der Waals surface area contributed by atoms with Crippen molar-refractivity contribution in [3.63, 3.8) is 0 Å². The van der Waals surface area contributed by atoms with Gasteiger partial charge in [-0.1, -0.05) is 0 Å². The summed E-state index contributed by atoms with van der Waals surface area (Å²) in [6, 6.07) is 3.60. The Morgan fingerprint density at radius 2 is 1.67 bits per heavy atom. The van der Waals surface area contributed by atoms with Gasteiger partial charge in [-0.3, -0.25) is 10.1 Å². The van der Waals surface area contributed by atoms with Crippen LogP contribution >= 0.6 is 0 Å². The van der Waals surface area contributed by atoms with Gasteiger partial charge in [-0.15, -0.1) is 0 Å². The van der Waals surface area contributed by atoms with Crippen LogP contribution in [0.5, 0.6) is 11.5 Å². The maximum absolute atomic E-state index is 11.3. The maximum atomic E-state index is 11.3. The lowest BCUT2D eigenvalue weighted by Crippen LogP contribution is -2.46. The zero-order chi connectivity index (χ0) is 19.7. The molecule has 10 heteroatoms. The normalized spacial score (nSPS) is 13.1. The zero-order valence-corrected chi connectivity index (χ0v) is 17.0. The van der Waals surface area contributed by atoms with E-state index in [1.165, 1.54) is 6.07 Å². The molecular weight excluding hydrogens is 374 g/mol. The van der Waals surface area contributed by atoms with Crippen molar-refractivity contribution in [3.8, 4) is 11.5 Å². The summed E-state index contributed by atoms with van der Waals surface area (Å²) in [5.74, 6) is 0.876. The second-order valence-electron chi connectivity index (χ2n) is 5.73. The quantitative estimate of drug-likeness (QED) is 0.215. The number of nitro groups is 1. The number of hydrogen-bond acceptors (Lipinski definition) is 8. The maximum Gasteiger partial charge on any atom is 0.501 e. The monoisotopic (exact) mass is 401 g/mol. The Labute approximate surface area is 160 Å². The third-order valence-electron chi connectivity index (χ3n) is 3.89. The molecule has 0 amide bonds. The Bertz CT molecular complexity index is 610. The second-order valence-corrected chi connectivity index (χ2v) is 8.46. The minimum absolute atomic E-state index is 0.0408. The molecule has 9 nitrogen and oxygen atoms in total. The van der Waals surface area contributed by atoms with Crippen LogP contribution in [-0.4, -0.2) is 46.9 Å². The van der Waals surface area contributed by atoms with Gasteiger partial charge in [-0.05, 0) is 33.3 Å². The van der Waals surface area contributed by atoms with Crippen LogP contribution in [-0.2, 0) is 24.6 Å². The molecule has 0 spiro atoms. The summed E-state index contributed by atoms with van der Waals surface area (Å²) in [5.41, 5.74) is 0.410. The SMILES string of the molecule is CCO[Si](CCCOCc1cc2c(cc1[N+](=O)[O-])OCO2)(OCC)OCC. The highest BCUT2D eigenvalue weighted by Crippen LogP contribution is 2.38. The van der Waals surface area contributed by atoms with Crippen LogP contribution in [0.3, 0.4) is 0 Å². The van der Waals surface area contributed by atoms with Gasteiger partial charge in [0, 0.05) is 32.5 Å². The van der Waals surface area contributed by atoms with Crippen molar-refractivity contribution in [2.24, 2.45) is 0 Å². The van der Waals surface area contributed by atoms with Crippen LogP contribution < -0.4 is 9.47 Å². The van der Waals surface area contributed by atoms with Gasteiger partial charge in [0.25, 0.3) is 5.69 Å². The molecule has 0 aromatic heterocycles. The Balaban J connectivity index is 1.90. The molecule has 0 radical (unpaired) electrons. The molecule has 0 N–H and O–H groups in total. The van der Waals surface area contributed by atoms with Crippen LogP contribution in [0.25, 0.3) is 0 Å². The molecule has 0 saturated carbocycles. The molecule has 0 unspecified atom stereocenters. The van der Waals surface area contributed by atoms with E-state index in [-0.39, 0.29) is 19.1 Å². The standard InChI is InChI=1S/C17H27NO8Si/c1-4-24-27(25-5-2,26-6-3)9-7-8-21-12-14-10-16-17(23-13-22-16)11-15(14)18(19)20/h10-11H,4-9,12-13H2,1-3H3. The van der Waals surface area contributed by atoms with Gasteiger partial charge >= 0.3 is 8.80 Å². The van der Waals surface area contributed by atoms with Crippen LogP contribution in [0.2, 0.25) is 6.04 Å². The van der Waals surface area contributed by atoms with E-state index in [0.29, 0.717) is 56.0 Å². The van der Waals surface area contributed by atoms with E-state index in [1.54, 1.807) is 6.07 Å². The summed E-state index contributed by atoms with van der Waals surface area (Å²) in [6.07, 6.45) is 0.671. The fraction of sp³-hybridized carbons (Fsp3) is 0.647. The highest BCUT2D eigenvalue weighted by Gasteiger charge is 2.39. The number of ether oxygens (including phenoxy) is 3. The summed E-state index contributed by atoms with van der Waals surface area (Å²) >= 11 is 0. The highest BCUT2D eigenvalue weighted by molar-refractivity contribution is 6.60. The van der Waals surface area contributed by atoms with Crippen LogP contribution in [0.15, 0.2) is 12.1 Å². The van der Waals surface area contributed by atoms with Gasteiger partial charge in [0.15, 0.2) is 11.5 Å². The van der Waals surface area contributed by atoms with Gasteiger partial charge in [-0.25, -0.2) is 0 Å². The zero-order valence-electron chi connectivity index (χ0n) is 16.0. The van der Waals surface area contributed by atoms with E-state index in [9.17, 15) is 10.1 Å². The number of nitro benzene ring substituents is 1. The summed E-state index contributed by atoms with van der Waals surface area (Å²) in [5, 5.41) is 11.3. The molecule has 0 aliphatic carbocycles. The number of hydrogen-bond donors (Lipinski definition) is 0. The van der Waals surface area contributed by atoms with Gasteiger partial charge in [0.1, 0.15) is 0 Å². The van der Waals surface area contributed by atoms with Crippen LogP contribution in [0, 0.1) is 10.1 Å². The molecule has 152 valence electrons. The molecule has 1 heterocycles. The largest absolute Gasteiger partial charge is 0.501 e. The molecule has 2 rings (SSSR count). The second kappa shape index (κ2) is 10.6. The number of benzene rings is 1. The Kier molecular flexibility index (Phi) is 8.45. The van der Waals surface area contributed by atoms with E-state index in [4.69, 9.17) is 27.5 Å². The van der Waals surface area contributed by atoms with Crippen LogP contribution in [0.1, 0.15) is 32.8 Å². The lowest BCUT2D eigenvalue weighted by atomic mass is 10.1. The first-order valence-electron chi connectivity index (χ1n) is 9.11. The van der Waals surface area contributed by atoms with Crippen molar-refractivity contribution in [1.29, 1.82) is 0 Å². The summed E-state index contributed by atoms with van der Waals surface area (Å²) in [6.45, 7) is 7.89. The van der Waals surface area contributed by atoms with Gasteiger partial charge in [0.05, 0.1) is 23.2 Å². The molecule has 0 saturated heterocycles. The molecule has 0 bridgehead atoms. The topological polar surface area (TPSA) is 98.5 Å². The van der Waals surface area contributed by atoms with Crippen LogP contribution in [0.4, 0.5) is 5.69 Å². The van der Waals surface area contributed by atoms with Crippen molar-refractivity contribution < 1.29 is 32.4 Å². The summed E-state index contributed by atoms with van der Waals surface area (Å²) in [4.78, 5) is 10.8. The van der Waals surface area contributed by atoms with E-state index in [0.717, 1.165) is 0 Å². The predicted molar refractivity (Wildman–Crippen MR) is 98.9 cm³/mol. The first kappa shape index (κ1) is 21.6. The summed E-state index contributed by atoms with van der Waals surface area (Å²) in [7, 11) is -2.69. The molecule has 0 atom stereocenters. The molecule has 1 aromatic rings. The van der Waals surface area contributed by atoms with Crippen molar-refractivity contribution in [2.75, 3.05) is 33.2 Å². The molecule has 1 aliphatic rings. The third kappa shape index (κ3) is 5.88. The molecule has 1 aliphatic heterocycles. The Morgan fingerprint density at radius 1 is 1.07 bits per heavy atom. The van der Waals surface area contributed by atoms with E-state index >= 15 is 0 Å². The third-order valence-corrected chi connectivity index (χ3v) is 7.04. The minimum Gasteiger partial charge on any atom is -0.454 e. The molecular formula is C17H27NO8Si. The minimum atomic E-state index is -2.69. The molecule has 0 fully saturated rings. The fourth-order valence-electron chi connectivity index (χ4n) is 2.83. The van der Waals surface area contributed by atoms with Gasteiger partial charge in [0.2, 0.25) is 6.79 Å². The predicted octanol–water partition coefficient (Wildman–Crippen LogP) is 3.28.